The largest absolute Gasteiger partial charge is 0.481 e. The van der Waals surface area contributed by atoms with E-state index in [1.165, 1.54) is 6.07 Å². The molecule has 0 amide bonds. The van der Waals surface area contributed by atoms with Crippen LogP contribution in [0.3, 0.4) is 0 Å². The zero-order valence-electron chi connectivity index (χ0n) is 9.32. The van der Waals surface area contributed by atoms with Crippen LogP contribution in [0.15, 0.2) is 18.3 Å². The van der Waals surface area contributed by atoms with Gasteiger partial charge in [-0.15, -0.1) is 0 Å². The summed E-state index contributed by atoms with van der Waals surface area (Å²) >= 11 is 0. The van der Waals surface area contributed by atoms with Gasteiger partial charge in [0.1, 0.15) is 5.69 Å². The highest BCUT2D eigenvalue weighted by molar-refractivity contribution is 5.76. The molecule has 0 aromatic carbocycles. The van der Waals surface area contributed by atoms with Crippen LogP contribution in [0.4, 0.5) is 13.2 Å². The van der Waals surface area contributed by atoms with Crippen molar-refractivity contribution >= 4 is 5.97 Å². The van der Waals surface area contributed by atoms with E-state index in [1.54, 1.807) is 13.8 Å². The zero-order valence-corrected chi connectivity index (χ0v) is 9.32. The summed E-state index contributed by atoms with van der Waals surface area (Å²) in [4.78, 5) is 14.3. The van der Waals surface area contributed by atoms with Crippen LogP contribution in [0.1, 0.15) is 31.0 Å². The molecule has 1 atom stereocenters. The van der Waals surface area contributed by atoms with Crippen molar-refractivity contribution in [2.45, 2.75) is 25.9 Å². The van der Waals surface area contributed by atoms with Crippen LogP contribution >= 0.6 is 0 Å². The number of nitrogens with zero attached hydrogens (tertiary/aromatic N) is 1. The molecule has 1 rings (SSSR count). The third kappa shape index (κ3) is 2.95. The van der Waals surface area contributed by atoms with E-state index in [2.05, 4.69) is 4.98 Å². The summed E-state index contributed by atoms with van der Waals surface area (Å²) < 4.78 is 38.0. The van der Waals surface area contributed by atoms with Crippen LogP contribution in [0.25, 0.3) is 0 Å². The lowest BCUT2D eigenvalue weighted by molar-refractivity contribution is -0.144. The summed E-state index contributed by atoms with van der Waals surface area (Å²) in [5, 5.41) is 8.99. The molecule has 0 spiro atoms. The topological polar surface area (TPSA) is 50.2 Å². The smallest absolute Gasteiger partial charge is 0.433 e. The third-order valence-electron chi connectivity index (χ3n) is 2.38. The van der Waals surface area contributed by atoms with Gasteiger partial charge in [0.15, 0.2) is 0 Å². The molecule has 17 heavy (non-hydrogen) atoms. The molecule has 0 aliphatic heterocycles. The molecule has 1 aromatic heterocycles. The highest BCUT2D eigenvalue weighted by Crippen LogP contribution is 2.36. The molecule has 3 nitrogen and oxygen atoms in total. The SMILES string of the molecule is CC(C)C(C(=O)O)c1cccnc1C(F)(F)F. The fourth-order valence-electron chi connectivity index (χ4n) is 1.68. The Morgan fingerprint density at radius 3 is 2.41 bits per heavy atom. The van der Waals surface area contributed by atoms with Crippen molar-refractivity contribution < 1.29 is 23.1 Å². The molecule has 0 bridgehead atoms. The van der Waals surface area contributed by atoms with Gasteiger partial charge in [0.2, 0.25) is 0 Å². The molecule has 1 N–H and O–H groups in total. The van der Waals surface area contributed by atoms with E-state index < -0.39 is 29.7 Å². The first-order valence-electron chi connectivity index (χ1n) is 5.00. The first-order chi connectivity index (χ1) is 7.75. The van der Waals surface area contributed by atoms with Gasteiger partial charge >= 0.3 is 12.1 Å². The van der Waals surface area contributed by atoms with E-state index in [9.17, 15) is 18.0 Å². The molecular formula is C11H12F3NO2. The highest BCUT2D eigenvalue weighted by Gasteiger charge is 2.39. The molecular weight excluding hydrogens is 235 g/mol. The second-order valence-corrected chi connectivity index (χ2v) is 4.00. The molecule has 1 unspecified atom stereocenters. The van der Waals surface area contributed by atoms with E-state index in [4.69, 9.17) is 5.11 Å². The van der Waals surface area contributed by atoms with Gasteiger partial charge in [-0.25, -0.2) is 0 Å². The molecule has 0 aliphatic carbocycles. The second kappa shape index (κ2) is 4.73. The summed E-state index contributed by atoms with van der Waals surface area (Å²) in [5.41, 5.74) is -1.41. The minimum atomic E-state index is -4.64. The minimum Gasteiger partial charge on any atom is -0.481 e. The predicted molar refractivity (Wildman–Crippen MR) is 54.5 cm³/mol. The van der Waals surface area contributed by atoms with Gasteiger partial charge in [0.05, 0.1) is 5.92 Å². The number of carbonyl (C=O) groups is 1. The minimum absolute atomic E-state index is 0.289. The van der Waals surface area contributed by atoms with Crippen molar-refractivity contribution in [1.82, 2.24) is 4.98 Å². The van der Waals surface area contributed by atoms with Gasteiger partial charge in [-0.05, 0) is 17.5 Å². The van der Waals surface area contributed by atoms with Crippen LogP contribution in [-0.2, 0) is 11.0 Å². The van der Waals surface area contributed by atoms with E-state index in [-0.39, 0.29) is 5.56 Å². The number of rotatable bonds is 3. The van der Waals surface area contributed by atoms with E-state index in [0.29, 0.717) is 0 Å². The van der Waals surface area contributed by atoms with Gasteiger partial charge in [-0.2, -0.15) is 13.2 Å². The van der Waals surface area contributed by atoms with Crippen LogP contribution in [0, 0.1) is 5.92 Å². The summed E-state index contributed by atoms with van der Waals surface area (Å²) in [7, 11) is 0. The maximum absolute atomic E-state index is 12.7. The van der Waals surface area contributed by atoms with Gasteiger partial charge in [-0.3, -0.25) is 9.78 Å². The Labute approximate surface area is 96.3 Å². The second-order valence-electron chi connectivity index (χ2n) is 4.00. The van der Waals surface area contributed by atoms with Crippen molar-refractivity contribution in [2.24, 2.45) is 5.92 Å². The number of pyridine rings is 1. The highest BCUT2D eigenvalue weighted by atomic mass is 19.4. The lowest BCUT2D eigenvalue weighted by Crippen LogP contribution is -2.22. The third-order valence-corrected chi connectivity index (χ3v) is 2.38. The fourth-order valence-corrected chi connectivity index (χ4v) is 1.68. The zero-order chi connectivity index (χ0) is 13.2. The van der Waals surface area contributed by atoms with Crippen molar-refractivity contribution in [2.75, 3.05) is 0 Å². The molecule has 6 heteroatoms. The van der Waals surface area contributed by atoms with Gasteiger partial charge in [0, 0.05) is 6.20 Å². The average Bonchev–Trinajstić information content (AvgIpc) is 2.15. The maximum atomic E-state index is 12.7. The Bertz CT molecular complexity index is 415. The van der Waals surface area contributed by atoms with Crippen LogP contribution < -0.4 is 0 Å². The molecule has 94 valence electrons. The quantitative estimate of drug-likeness (QED) is 0.893. The maximum Gasteiger partial charge on any atom is 0.433 e. The Hall–Kier alpha value is -1.59. The summed E-state index contributed by atoms with van der Waals surface area (Å²) in [6, 6.07) is 2.47. The first-order valence-corrected chi connectivity index (χ1v) is 5.00. The first kappa shape index (κ1) is 13.5. The average molecular weight is 247 g/mol. The summed E-state index contributed by atoms with van der Waals surface area (Å²) in [6.45, 7) is 3.12. The van der Waals surface area contributed by atoms with E-state index >= 15 is 0 Å². The van der Waals surface area contributed by atoms with Gasteiger partial charge < -0.3 is 5.11 Å². The molecule has 0 fully saturated rings. The Balaban J connectivity index is 3.34. The number of aliphatic carboxylic acids is 1. The van der Waals surface area contributed by atoms with Crippen molar-refractivity contribution in [3.8, 4) is 0 Å². The van der Waals surface area contributed by atoms with Crippen LogP contribution in [-0.4, -0.2) is 16.1 Å². The molecule has 1 aromatic rings. The molecule has 1 heterocycles. The number of carboxylic acids is 1. The number of halogens is 3. The standard InChI is InChI=1S/C11H12F3NO2/c1-6(2)8(10(16)17)7-4-3-5-15-9(7)11(12,13)14/h3-6,8H,1-2H3,(H,16,17). The Morgan fingerprint density at radius 1 is 1.41 bits per heavy atom. The lowest BCUT2D eigenvalue weighted by atomic mass is 9.87. The van der Waals surface area contributed by atoms with E-state index in [0.717, 1.165) is 12.3 Å². The molecule has 0 saturated carbocycles. The normalized spacial score (nSPS) is 13.8. The van der Waals surface area contributed by atoms with E-state index in [1.807, 2.05) is 0 Å². The molecule has 0 radical (unpaired) electrons. The van der Waals surface area contributed by atoms with Crippen LogP contribution in [0.5, 0.6) is 0 Å². The number of alkyl halides is 3. The predicted octanol–water partition coefficient (Wildman–Crippen LogP) is 2.92. The lowest BCUT2D eigenvalue weighted by Gasteiger charge is -2.20. The number of hydrogen-bond acceptors (Lipinski definition) is 2. The summed E-state index contributed by atoms with van der Waals surface area (Å²) in [5.74, 6) is -2.93. The van der Waals surface area contributed by atoms with Gasteiger partial charge in [0.25, 0.3) is 0 Å². The number of hydrogen-bond donors (Lipinski definition) is 1. The monoisotopic (exact) mass is 247 g/mol. The van der Waals surface area contributed by atoms with Gasteiger partial charge in [-0.1, -0.05) is 19.9 Å². The Kier molecular flexibility index (Phi) is 3.75. The van der Waals surface area contributed by atoms with Crippen LogP contribution in [0.2, 0.25) is 0 Å². The van der Waals surface area contributed by atoms with Crippen molar-refractivity contribution in [3.63, 3.8) is 0 Å². The molecule has 0 aliphatic rings. The fraction of sp³-hybridized carbons (Fsp3) is 0.455. The summed E-state index contributed by atoms with van der Waals surface area (Å²) in [6.07, 6.45) is -3.63. The van der Waals surface area contributed by atoms with Crippen molar-refractivity contribution in [3.05, 3.63) is 29.6 Å². The Morgan fingerprint density at radius 2 is 2.00 bits per heavy atom. The number of carboxylic acid groups (broad SMARTS) is 1. The van der Waals surface area contributed by atoms with Crippen molar-refractivity contribution in [1.29, 1.82) is 0 Å². The molecule has 0 saturated heterocycles. The number of aromatic nitrogens is 1.